The first-order valence-electron chi connectivity index (χ1n) is 8.16. The number of ether oxygens (including phenoxy) is 4. The zero-order valence-corrected chi connectivity index (χ0v) is 14.6. The Morgan fingerprint density at radius 3 is 2.38 bits per heavy atom. The van der Waals surface area contributed by atoms with Gasteiger partial charge in [0, 0.05) is 11.1 Å². The lowest BCUT2D eigenvalue weighted by molar-refractivity contribution is -0.277. The average Bonchev–Trinajstić information content (AvgIpc) is 3.01. The van der Waals surface area contributed by atoms with E-state index in [4.69, 9.17) is 18.9 Å². The van der Waals surface area contributed by atoms with Gasteiger partial charge in [-0.1, -0.05) is 0 Å². The Hall–Kier alpha value is -1.91. The molecule has 1 aromatic rings. The van der Waals surface area contributed by atoms with Crippen molar-refractivity contribution in [3.8, 4) is 11.5 Å². The number of carbonyl (C=O) groups excluding carboxylic acids is 1. The summed E-state index contributed by atoms with van der Waals surface area (Å²) in [5.41, 5.74) is 2.06. The fourth-order valence-electron chi connectivity index (χ4n) is 3.37. The van der Waals surface area contributed by atoms with E-state index in [2.05, 4.69) is 0 Å². The van der Waals surface area contributed by atoms with Gasteiger partial charge in [-0.15, -0.1) is 0 Å². The van der Waals surface area contributed by atoms with Crippen LogP contribution in [0.1, 0.15) is 27.0 Å². The highest BCUT2D eigenvalue weighted by molar-refractivity contribution is 5.98. The number of methoxy groups -OCH3 is 1. The van der Waals surface area contributed by atoms with E-state index in [1.165, 1.54) is 7.11 Å². The van der Waals surface area contributed by atoms with Crippen molar-refractivity contribution in [3.63, 3.8) is 0 Å². The minimum atomic E-state index is -1.59. The minimum absolute atomic E-state index is 0.0711. The molecule has 0 saturated carbocycles. The van der Waals surface area contributed by atoms with Gasteiger partial charge in [0.15, 0.2) is 0 Å². The Labute approximate surface area is 149 Å². The molecule has 2 aliphatic heterocycles. The molecule has 3 rings (SSSR count). The molecule has 5 atom stereocenters. The van der Waals surface area contributed by atoms with Crippen LogP contribution in [-0.4, -0.2) is 70.8 Å². The topological polar surface area (TPSA) is 135 Å². The first-order chi connectivity index (χ1) is 12.3. The predicted molar refractivity (Wildman–Crippen MR) is 86.0 cm³/mol. The van der Waals surface area contributed by atoms with E-state index in [-0.39, 0.29) is 17.9 Å². The number of hydrogen-bond acceptors (Lipinski definition) is 9. The summed E-state index contributed by atoms with van der Waals surface area (Å²) in [5.74, 6) is 0.0318. The lowest BCUT2D eigenvalue weighted by atomic mass is 9.97. The summed E-state index contributed by atoms with van der Waals surface area (Å²) in [5, 5.41) is 39.3. The Kier molecular flexibility index (Phi) is 5.09. The van der Waals surface area contributed by atoms with Crippen molar-refractivity contribution < 1.29 is 44.2 Å². The second-order valence-electron chi connectivity index (χ2n) is 6.36. The molecular formula is C17H22O9. The van der Waals surface area contributed by atoms with Crippen LogP contribution >= 0.6 is 0 Å². The van der Waals surface area contributed by atoms with Gasteiger partial charge in [-0.3, -0.25) is 0 Å². The average molecular weight is 370 g/mol. The number of carbonyl (C=O) groups is 1. The molecule has 0 bridgehead atoms. The van der Waals surface area contributed by atoms with Gasteiger partial charge in [0.25, 0.3) is 0 Å². The maximum atomic E-state index is 12.2. The summed E-state index contributed by atoms with van der Waals surface area (Å²) in [6, 6.07) is 0. The maximum Gasteiger partial charge on any atom is 0.342 e. The van der Waals surface area contributed by atoms with Crippen LogP contribution in [0.5, 0.6) is 11.5 Å². The second kappa shape index (κ2) is 7.01. The Morgan fingerprint density at radius 2 is 1.77 bits per heavy atom. The summed E-state index contributed by atoms with van der Waals surface area (Å²) in [6.45, 7) is 2.96. The third kappa shape index (κ3) is 2.81. The van der Waals surface area contributed by atoms with Crippen LogP contribution in [0, 0.1) is 13.8 Å². The van der Waals surface area contributed by atoms with E-state index in [1.807, 2.05) is 0 Å². The monoisotopic (exact) mass is 370 g/mol. The molecule has 2 aliphatic rings. The molecule has 0 aliphatic carbocycles. The van der Waals surface area contributed by atoms with Gasteiger partial charge in [-0.25, -0.2) is 4.79 Å². The maximum absolute atomic E-state index is 12.2. The molecule has 2 heterocycles. The van der Waals surface area contributed by atoms with Gasteiger partial charge < -0.3 is 39.4 Å². The van der Waals surface area contributed by atoms with Crippen LogP contribution in [0.15, 0.2) is 0 Å². The molecule has 9 heteroatoms. The largest absolute Gasteiger partial charge is 0.496 e. The SMILES string of the molecule is COc1c(C)c2c(c(OC3OC(CO)C(O)C(O)C3O)c1C)C(=O)OC2. The Balaban J connectivity index is 2.02. The van der Waals surface area contributed by atoms with Crippen LogP contribution in [-0.2, 0) is 16.1 Å². The summed E-state index contributed by atoms with van der Waals surface area (Å²) >= 11 is 0. The molecule has 144 valence electrons. The number of hydrogen-bond donors (Lipinski definition) is 4. The molecule has 1 saturated heterocycles. The van der Waals surface area contributed by atoms with Crippen LogP contribution in [0.3, 0.4) is 0 Å². The standard InChI is InChI=1S/C17H22O9/c1-6-8-5-24-16(22)10(8)15(7(2)14(6)23-3)26-17-13(21)12(20)11(19)9(4-18)25-17/h9,11-13,17-21H,4-5H2,1-3H3. The second-order valence-corrected chi connectivity index (χ2v) is 6.36. The van der Waals surface area contributed by atoms with E-state index in [1.54, 1.807) is 13.8 Å². The van der Waals surface area contributed by atoms with Crippen LogP contribution in [0.25, 0.3) is 0 Å². The molecule has 0 aromatic heterocycles. The first-order valence-corrected chi connectivity index (χ1v) is 8.16. The third-order valence-corrected chi connectivity index (χ3v) is 4.84. The smallest absolute Gasteiger partial charge is 0.342 e. The number of fused-ring (bicyclic) bond motifs is 1. The number of aliphatic hydroxyl groups excluding tert-OH is 4. The van der Waals surface area contributed by atoms with Gasteiger partial charge in [-0.05, 0) is 19.4 Å². The Bertz CT molecular complexity index is 715. The quantitative estimate of drug-likeness (QED) is 0.500. The van der Waals surface area contributed by atoms with E-state index in [0.29, 0.717) is 16.9 Å². The van der Waals surface area contributed by atoms with E-state index >= 15 is 0 Å². The molecular weight excluding hydrogens is 348 g/mol. The van der Waals surface area contributed by atoms with Gasteiger partial charge in [-0.2, -0.15) is 0 Å². The molecule has 1 aromatic carbocycles. The van der Waals surface area contributed by atoms with Crippen molar-refractivity contribution >= 4 is 5.97 Å². The zero-order valence-electron chi connectivity index (χ0n) is 14.6. The number of aliphatic hydroxyl groups is 4. The van der Waals surface area contributed by atoms with Crippen molar-refractivity contribution in [1.29, 1.82) is 0 Å². The molecule has 0 amide bonds. The van der Waals surface area contributed by atoms with Gasteiger partial charge in [0.1, 0.15) is 48.1 Å². The van der Waals surface area contributed by atoms with E-state index in [9.17, 15) is 25.2 Å². The predicted octanol–water partition coefficient (Wildman–Crippen LogP) is -0.839. The molecule has 0 radical (unpaired) electrons. The molecule has 4 N–H and O–H groups in total. The first kappa shape index (κ1) is 18.9. The fraction of sp³-hybridized carbons (Fsp3) is 0.588. The van der Waals surface area contributed by atoms with Crippen LogP contribution in [0.4, 0.5) is 0 Å². The normalized spacial score (nSPS) is 30.7. The van der Waals surface area contributed by atoms with Crippen molar-refractivity contribution in [1.82, 2.24) is 0 Å². The van der Waals surface area contributed by atoms with Gasteiger partial charge >= 0.3 is 5.97 Å². The van der Waals surface area contributed by atoms with Gasteiger partial charge in [0.05, 0.1) is 13.7 Å². The third-order valence-electron chi connectivity index (χ3n) is 4.84. The van der Waals surface area contributed by atoms with Crippen LogP contribution < -0.4 is 9.47 Å². The summed E-state index contributed by atoms with van der Waals surface area (Å²) in [6.07, 6.45) is -7.20. The molecule has 1 fully saturated rings. The fourth-order valence-corrected chi connectivity index (χ4v) is 3.37. The molecule has 9 nitrogen and oxygen atoms in total. The van der Waals surface area contributed by atoms with E-state index in [0.717, 1.165) is 5.56 Å². The highest BCUT2D eigenvalue weighted by Crippen LogP contribution is 2.42. The summed E-state index contributed by atoms with van der Waals surface area (Å²) < 4.78 is 21.6. The van der Waals surface area contributed by atoms with Crippen molar-refractivity contribution in [2.24, 2.45) is 0 Å². The lowest BCUT2D eigenvalue weighted by Crippen LogP contribution is -2.60. The van der Waals surface area contributed by atoms with Crippen molar-refractivity contribution in [2.75, 3.05) is 13.7 Å². The van der Waals surface area contributed by atoms with E-state index < -0.39 is 43.3 Å². The highest BCUT2D eigenvalue weighted by atomic mass is 16.7. The summed E-state index contributed by atoms with van der Waals surface area (Å²) in [7, 11) is 1.48. The zero-order chi connectivity index (χ0) is 19.2. The lowest BCUT2D eigenvalue weighted by Gasteiger charge is -2.40. The Morgan fingerprint density at radius 1 is 1.08 bits per heavy atom. The number of rotatable bonds is 4. The van der Waals surface area contributed by atoms with Crippen molar-refractivity contribution in [2.45, 2.75) is 51.2 Å². The highest BCUT2D eigenvalue weighted by Gasteiger charge is 2.45. The molecule has 5 unspecified atom stereocenters. The number of esters is 1. The van der Waals surface area contributed by atoms with Crippen molar-refractivity contribution in [3.05, 3.63) is 22.3 Å². The minimum Gasteiger partial charge on any atom is -0.496 e. The molecule has 0 spiro atoms. The molecule has 26 heavy (non-hydrogen) atoms. The van der Waals surface area contributed by atoms with Gasteiger partial charge in [0.2, 0.25) is 6.29 Å². The van der Waals surface area contributed by atoms with Crippen LogP contribution in [0.2, 0.25) is 0 Å². The summed E-state index contributed by atoms with van der Waals surface area (Å²) in [4.78, 5) is 12.2. The number of benzene rings is 1. The number of cyclic esters (lactones) is 1.